The number of carbonyl (C=O) groups is 3. The van der Waals surface area contributed by atoms with E-state index in [-0.39, 0.29) is 22.4 Å². The summed E-state index contributed by atoms with van der Waals surface area (Å²) in [5.41, 5.74) is 2.26. The number of nitrogens with zero attached hydrogens (tertiary/aromatic N) is 2. The first kappa shape index (κ1) is 25.0. The summed E-state index contributed by atoms with van der Waals surface area (Å²) in [5, 5.41) is 2.83. The molecule has 0 bridgehead atoms. The lowest BCUT2D eigenvalue weighted by Crippen LogP contribution is -2.48. The van der Waals surface area contributed by atoms with Crippen LogP contribution in [0.25, 0.3) is 0 Å². The fourth-order valence-electron chi connectivity index (χ4n) is 5.42. The Labute approximate surface area is 220 Å². The molecule has 1 N–H and O–H groups in total. The van der Waals surface area contributed by atoms with E-state index in [9.17, 15) is 18.8 Å². The summed E-state index contributed by atoms with van der Waals surface area (Å²) >= 11 is 6.03. The van der Waals surface area contributed by atoms with Crippen LogP contribution in [0.5, 0.6) is 0 Å². The van der Waals surface area contributed by atoms with Gasteiger partial charge in [-0.15, -0.1) is 0 Å². The number of nitrogens with one attached hydrogen (secondary N) is 1. The number of benzene rings is 3. The third-order valence-electron chi connectivity index (χ3n) is 7.38. The predicted molar refractivity (Wildman–Crippen MR) is 142 cm³/mol. The summed E-state index contributed by atoms with van der Waals surface area (Å²) < 4.78 is 13.6. The number of anilines is 2. The largest absolute Gasteiger partial charge is 0.345 e. The quantitative estimate of drug-likeness (QED) is 0.492. The van der Waals surface area contributed by atoms with Gasteiger partial charge in [-0.05, 0) is 79.8 Å². The minimum atomic E-state index is -0.559. The van der Waals surface area contributed by atoms with Gasteiger partial charge in [0.05, 0.1) is 16.0 Å². The maximum atomic E-state index is 13.7. The third kappa shape index (κ3) is 4.83. The molecule has 1 atom stereocenters. The van der Waals surface area contributed by atoms with E-state index < -0.39 is 17.1 Å². The van der Waals surface area contributed by atoms with Gasteiger partial charge >= 0.3 is 0 Å². The smallest absolute Gasteiger partial charge is 0.258 e. The lowest BCUT2D eigenvalue weighted by atomic mass is 9.72. The van der Waals surface area contributed by atoms with Crippen molar-refractivity contribution < 1.29 is 18.8 Å². The number of carbonyl (C=O) groups excluding carboxylic acids is 3. The number of likely N-dealkylation sites (tertiary alicyclic amines) is 1. The molecule has 2 aliphatic rings. The van der Waals surface area contributed by atoms with E-state index in [2.05, 4.69) is 5.32 Å². The highest BCUT2D eigenvalue weighted by atomic mass is 35.5. The number of halogens is 2. The highest BCUT2D eigenvalue weighted by molar-refractivity contribution is 6.34. The van der Waals surface area contributed by atoms with Crippen LogP contribution in [0.1, 0.15) is 45.5 Å². The molecule has 3 aromatic carbocycles. The summed E-state index contributed by atoms with van der Waals surface area (Å²) in [6.07, 6.45) is 2.98. The normalized spacial score (nSPS) is 19.4. The Morgan fingerprint density at radius 3 is 2.54 bits per heavy atom. The average Bonchev–Trinajstić information content (AvgIpc) is 3.06. The van der Waals surface area contributed by atoms with Crippen LogP contribution in [0.2, 0.25) is 5.02 Å². The molecule has 3 aromatic rings. The third-order valence-corrected chi connectivity index (χ3v) is 7.71. The van der Waals surface area contributed by atoms with Crippen molar-refractivity contribution >= 4 is 40.7 Å². The number of amides is 3. The second-order valence-corrected chi connectivity index (χ2v) is 10.2. The highest BCUT2D eigenvalue weighted by Crippen LogP contribution is 2.43. The molecule has 3 amide bonds. The highest BCUT2D eigenvalue weighted by Gasteiger charge is 2.45. The van der Waals surface area contributed by atoms with Crippen molar-refractivity contribution in [3.05, 3.63) is 94.3 Å². The molecular weight excluding hydrogens is 493 g/mol. The van der Waals surface area contributed by atoms with Crippen LogP contribution in [0, 0.1) is 11.2 Å². The SMILES string of the molecule is CN1CCCC2(CCN(C(=O)c3ccc(NC(=O)c4cc(F)ccc4Cl)cc3)c3ccccc3C2)C1=O. The minimum Gasteiger partial charge on any atom is -0.345 e. The molecule has 5 rings (SSSR count). The fourth-order valence-corrected chi connectivity index (χ4v) is 5.62. The molecule has 1 fully saturated rings. The Bertz CT molecular complexity index is 1380. The number of hydrogen-bond donors (Lipinski definition) is 1. The van der Waals surface area contributed by atoms with Gasteiger partial charge in [0, 0.05) is 37.1 Å². The van der Waals surface area contributed by atoms with Gasteiger partial charge in [0.2, 0.25) is 5.91 Å². The van der Waals surface area contributed by atoms with E-state index in [0.29, 0.717) is 30.6 Å². The lowest BCUT2D eigenvalue weighted by Gasteiger charge is -2.39. The van der Waals surface area contributed by atoms with Crippen LogP contribution in [0.3, 0.4) is 0 Å². The first-order valence-electron chi connectivity index (χ1n) is 12.3. The van der Waals surface area contributed by atoms with E-state index in [4.69, 9.17) is 11.6 Å². The van der Waals surface area contributed by atoms with Crippen molar-refractivity contribution in [1.82, 2.24) is 4.90 Å². The van der Waals surface area contributed by atoms with Crippen molar-refractivity contribution in [1.29, 1.82) is 0 Å². The maximum absolute atomic E-state index is 13.7. The van der Waals surface area contributed by atoms with Gasteiger partial charge in [-0.2, -0.15) is 0 Å². The number of fused-ring (bicyclic) bond motifs is 1. The first-order chi connectivity index (χ1) is 17.8. The van der Waals surface area contributed by atoms with Crippen LogP contribution in [-0.2, 0) is 11.2 Å². The van der Waals surface area contributed by atoms with Gasteiger partial charge in [-0.1, -0.05) is 29.8 Å². The van der Waals surface area contributed by atoms with Crippen molar-refractivity contribution in [2.75, 3.05) is 30.4 Å². The zero-order valence-corrected chi connectivity index (χ0v) is 21.2. The molecule has 0 saturated carbocycles. The second-order valence-electron chi connectivity index (χ2n) is 9.78. The Morgan fingerprint density at radius 1 is 1.00 bits per heavy atom. The summed E-state index contributed by atoms with van der Waals surface area (Å²) in [7, 11) is 1.85. The van der Waals surface area contributed by atoms with E-state index in [0.717, 1.165) is 36.7 Å². The molecule has 37 heavy (non-hydrogen) atoms. The Kier molecular flexibility index (Phi) is 6.73. The zero-order valence-electron chi connectivity index (χ0n) is 20.5. The Morgan fingerprint density at radius 2 is 1.76 bits per heavy atom. The van der Waals surface area contributed by atoms with E-state index >= 15 is 0 Å². The molecule has 6 nitrogen and oxygen atoms in total. The van der Waals surface area contributed by atoms with Crippen molar-refractivity contribution in [2.45, 2.75) is 25.7 Å². The number of para-hydroxylation sites is 1. The summed E-state index contributed by atoms with van der Waals surface area (Å²) in [6, 6.07) is 17.9. The molecule has 0 aliphatic carbocycles. The second kappa shape index (κ2) is 9.98. The number of hydrogen-bond acceptors (Lipinski definition) is 3. The molecule has 2 heterocycles. The van der Waals surface area contributed by atoms with Gasteiger partial charge in [-0.25, -0.2) is 4.39 Å². The summed E-state index contributed by atoms with van der Waals surface area (Å²) in [6.45, 7) is 1.20. The van der Waals surface area contributed by atoms with Gasteiger partial charge in [-0.3, -0.25) is 14.4 Å². The molecule has 0 aromatic heterocycles. The first-order valence-corrected chi connectivity index (χ1v) is 12.7. The zero-order chi connectivity index (χ0) is 26.2. The molecular formula is C29H27ClFN3O3. The maximum Gasteiger partial charge on any atom is 0.258 e. The van der Waals surface area contributed by atoms with Crippen molar-refractivity contribution in [3.8, 4) is 0 Å². The monoisotopic (exact) mass is 519 g/mol. The summed E-state index contributed by atoms with van der Waals surface area (Å²) in [4.78, 5) is 43.0. The lowest BCUT2D eigenvalue weighted by molar-refractivity contribution is -0.145. The predicted octanol–water partition coefficient (Wildman–Crippen LogP) is 5.56. The molecule has 1 saturated heterocycles. The van der Waals surface area contributed by atoms with Crippen LogP contribution in [0.15, 0.2) is 66.7 Å². The van der Waals surface area contributed by atoms with Crippen LogP contribution < -0.4 is 10.2 Å². The fraction of sp³-hybridized carbons (Fsp3) is 0.276. The number of piperidine rings is 1. The summed E-state index contributed by atoms with van der Waals surface area (Å²) in [5.74, 6) is -1.12. The molecule has 0 radical (unpaired) electrons. The van der Waals surface area contributed by atoms with E-state index in [1.54, 1.807) is 29.2 Å². The minimum absolute atomic E-state index is 0.0276. The van der Waals surface area contributed by atoms with Crippen LogP contribution >= 0.6 is 11.6 Å². The molecule has 2 aliphatic heterocycles. The molecule has 1 unspecified atom stereocenters. The van der Waals surface area contributed by atoms with Gasteiger partial charge in [0.1, 0.15) is 5.82 Å². The molecule has 8 heteroatoms. The molecule has 1 spiro atoms. The van der Waals surface area contributed by atoms with Crippen LogP contribution in [0.4, 0.5) is 15.8 Å². The Balaban J connectivity index is 1.37. The number of rotatable bonds is 3. The van der Waals surface area contributed by atoms with Gasteiger partial charge < -0.3 is 15.1 Å². The average molecular weight is 520 g/mol. The van der Waals surface area contributed by atoms with Gasteiger partial charge in [0.25, 0.3) is 11.8 Å². The van der Waals surface area contributed by atoms with Crippen molar-refractivity contribution in [2.24, 2.45) is 5.41 Å². The molecule has 190 valence electrons. The van der Waals surface area contributed by atoms with Crippen molar-refractivity contribution in [3.63, 3.8) is 0 Å². The van der Waals surface area contributed by atoms with E-state index in [1.807, 2.05) is 36.2 Å². The Hall–Kier alpha value is -3.71. The topological polar surface area (TPSA) is 69.7 Å². The van der Waals surface area contributed by atoms with Crippen LogP contribution in [-0.4, -0.2) is 42.8 Å². The van der Waals surface area contributed by atoms with E-state index in [1.165, 1.54) is 12.1 Å². The standard InChI is InChI=1S/C29H27ClFN3O3/c1-33-15-4-13-29(28(33)37)14-16-34(25-6-3-2-5-20(25)18-29)27(36)19-7-10-22(11-8-19)32-26(35)23-17-21(31)9-12-24(23)30/h2-3,5-12,17H,4,13-16,18H2,1H3,(H,32,35). The van der Waals surface area contributed by atoms with Gasteiger partial charge in [0.15, 0.2) is 0 Å².